The molecule has 4 N–H and O–H groups in total. The van der Waals surface area contributed by atoms with Gasteiger partial charge < -0.3 is 50.3 Å². The molecule has 1 unspecified atom stereocenters. The van der Waals surface area contributed by atoms with Gasteiger partial charge in [0, 0.05) is 67.7 Å². The lowest BCUT2D eigenvalue weighted by Gasteiger charge is -2.35. The van der Waals surface area contributed by atoms with Crippen LogP contribution < -0.4 is 16.0 Å². The van der Waals surface area contributed by atoms with Gasteiger partial charge in [0.2, 0.25) is 47.3 Å². The van der Waals surface area contributed by atoms with Gasteiger partial charge >= 0.3 is 0 Å². The van der Waals surface area contributed by atoms with Crippen molar-refractivity contribution >= 4 is 47.3 Å². The molecule has 0 saturated carbocycles. The summed E-state index contributed by atoms with van der Waals surface area (Å²) in [6.45, 7) is 17.9. The van der Waals surface area contributed by atoms with Gasteiger partial charge in [0.25, 0.3) is 0 Å². The van der Waals surface area contributed by atoms with Crippen LogP contribution in [0.5, 0.6) is 0 Å². The summed E-state index contributed by atoms with van der Waals surface area (Å²) in [6.07, 6.45) is 8.63. The summed E-state index contributed by atoms with van der Waals surface area (Å²) < 4.78 is 5.73. The zero-order valence-electron chi connectivity index (χ0n) is 43.7. The molecule has 1 saturated heterocycles. The molecule has 7 atom stereocenters. The van der Waals surface area contributed by atoms with Crippen molar-refractivity contribution in [3.05, 3.63) is 12.2 Å². The molecule has 0 bridgehead atoms. The van der Waals surface area contributed by atoms with Crippen LogP contribution in [0.15, 0.2) is 12.2 Å². The lowest BCUT2D eigenvalue weighted by Crippen LogP contribution is -2.60. The maximum absolute atomic E-state index is 14.3. The number of hydrogen-bond donors (Lipinski definition) is 4. The molecule has 1 aliphatic carbocycles. The summed E-state index contributed by atoms with van der Waals surface area (Å²) in [5.74, 6) is -3.41. The number of nitrogens with one attached hydrogen (secondary N) is 3. The summed E-state index contributed by atoms with van der Waals surface area (Å²) in [7, 11) is 6.13. The number of ether oxygens (including phenoxy) is 1. The zero-order valence-corrected chi connectivity index (χ0v) is 43.7. The van der Waals surface area contributed by atoms with Gasteiger partial charge in [-0.2, -0.15) is 0 Å². The fourth-order valence-electron chi connectivity index (χ4n) is 8.56. The van der Waals surface area contributed by atoms with E-state index in [2.05, 4.69) is 28.1 Å². The Morgan fingerprint density at radius 2 is 1.35 bits per heavy atom. The minimum absolute atomic E-state index is 0.0299. The maximum atomic E-state index is 14.3. The maximum Gasteiger partial charge on any atom is 0.248 e. The molecule has 0 radical (unpaired) electrons. The molecule has 18 heteroatoms. The van der Waals surface area contributed by atoms with E-state index in [0.29, 0.717) is 38.8 Å². The van der Waals surface area contributed by atoms with Gasteiger partial charge in [0.15, 0.2) is 0 Å². The summed E-state index contributed by atoms with van der Waals surface area (Å²) in [5, 5.41) is 19.3. The highest BCUT2D eigenvalue weighted by Gasteiger charge is 2.39. The number of hydrogen-bond acceptors (Lipinski definition) is 10. The molecule has 1 heterocycles. The number of likely N-dealkylation sites (tertiary alicyclic amines) is 1. The number of aliphatic hydroxyl groups is 1. The van der Waals surface area contributed by atoms with E-state index in [0.717, 1.165) is 32.1 Å². The van der Waals surface area contributed by atoms with Crippen molar-refractivity contribution in [3.63, 3.8) is 0 Å². The highest BCUT2D eigenvalue weighted by atomic mass is 16.5. The number of rotatable bonds is 26. The van der Waals surface area contributed by atoms with Crippen LogP contribution in [0, 0.1) is 17.8 Å². The second-order valence-corrected chi connectivity index (χ2v) is 20.8. The van der Waals surface area contributed by atoms with Crippen molar-refractivity contribution in [1.29, 1.82) is 0 Å². The van der Waals surface area contributed by atoms with Crippen molar-refractivity contribution in [1.82, 2.24) is 40.4 Å². The van der Waals surface area contributed by atoms with Gasteiger partial charge in [-0.05, 0) is 110 Å². The first kappa shape index (κ1) is 59.5. The topological polar surface area (TPSA) is 218 Å². The van der Waals surface area contributed by atoms with E-state index < -0.39 is 65.5 Å². The number of piperidine rings is 1. The van der Waals surface area contributed by atoms with E-state index in [4.69, 9.17) is 4.74 Å². The van der Waals surface area contributed by atoms with Crippen LogP contribution in [0.25, 0.3) is 0 Å². The van der Waals surface area contributed by atoms with Crippen LogP contribution in [0.2, 0.25) is 0 Å². The molecule has 1 aliphatic heterocycles. The number of carbonyl (C=O) groups is 8. The number of aliphatic hydroxyl groups excluding tert-OH is 1. The zero-order chi connectivity index (χ0) is 51.5. The highest BCUT2D eigenvalue weighted by molar-refractivity contribution is 5.96. The van der Waals surface area contributed by atoms with Crippen LogP contribution in [0.3, 0.4) is 0 Å². The molecular formula is C50H88N8O10. The standard InChI is InChI=1S/C50H88N8O10/c1-33(2)29-39(45(63)51-24-28-68-50(7,8)9)57(13)49(67)44(35(5)59)53-47(65)41(31-37-21-16-14-17-22-37)56(12)42(61)23-20-25-54(10)43(62)32-38(48(66)58-26-18-15-19-27-58)52-46(64)40(30-34(3)4)55(11)36(6)60/h14,16,33-35,37-41,44,59H,15,17-32H2,1-13H3,(H,51,63)(H,52,64)(H,53,65)/t35-,37?,38+,39+,40+,41+,44+/m1/s1. The molecule has 68 heavy (non-hydrogen) atoms. The number of carbonyl (C=O) groups excluding carboxylic acids is 8. The molecule has 2 aliphatic rings. The number of amides is 8. The van der Waals surface area contributed by atoms with Crippen molar-refractivity contribution < 1.29 is 48.2 Å². The van der Waals surface area contributed by atoms with Crippen molar-refractivity contribution in [3.8, 4) is 0 Å². The van der Waals surface area contributed by atoms with Gasteiger partial charge in [-0.15, -0.1) is 0 Å². The first-order valence-electron chi connectivity index (χ1n) is 24.9. The summed E-state index contributed by atoms with van der Waals surface area (Å²) in [4.78, 5) is 116. The molecular weight excluding hydrogens is 873 g/mol. The molecule has 0 aromatic rings. The van der Waals surface area contributed by atoms with Gasteiger partial charge in [-0.25, -0.2) is 0 Å². The Morgan fingerprint density at radius 3 is 1.88 bits per heavy atom. The second kappa shape index (κ2) is 28.8. The molecule has 8 amide bonds. The van der Waals surface area contributed by atoms with Crippen molar-refractivity contribution in [2.75, 3.05) is 61.0 Å². The predicted octanol–water partition coefficient (Wildman–Crippen LogP) is 3.25. The van der Waals surface area contributed by atoms with Crippen LogP contribution in [0.4, 0.5) is 0 Å². The van der Waals surface area contributed by atoms with Crippen LogP contribution in [0.1, 0.15) is 139 Å². The van der Waals surface area contributed by atoms with E-state index >= 15 is 0 Å². The first-order valence-corrected chi connectivity index (χ1v) is 24.9. The quantitative estimate of drug-likeness (QED) is 0.0733. The third-order valence-electron chi connectivity index (χ3n) is 12.8. The Hall–Kier alpha value is -4.58. The Bertz CT molecular complexity index is 1710. The van der Waals surface area contributed by atoms with E-state index in [1.807, 2.05) is 48.5 Å². The third kappa shape index (κ3) is 20.2. The van der Waals surface area contributed by atoms with E-state index in [1.54, 1.807) is 19.0 Å². The molecule has 0 spiro atoms. The Labute approximate surface area is 407 Å². The second-order valence-electron chi connectivity index (χ2n) is 20.8. The van der Waals surface area contributed by atoms with Crippen LogP contribution >= 0.6 is 0 Å². The average molecular weight is 961 g/mol. The lowest BCUT2D eigenvalue weighted by molar-refractivity contribution is -0.146. The van der Waals surface area contributed by atoms with Gasteiger partial charge in [-0.3, -0.25) is 38.4 Å². The molecule has 2 rings (SSSR count). The average Bonchev–Trinajstić information content (AvgIpc) is 3.27. The lowest BCUT2D eigenvalue weighted by atomic mass is 9.87. The van der Waals surface area contributed by atoms with Gasteiger partial charge in [-0.1, -0.05) is 39.8 Å². The Balaban J connectivity index is 2.23. The largest absolute Gasteiger partial charge is 0.391 e. The number of likely N-dealkylation sites (N-methyl/N-ethyl adjacent to an activating group) is 3. The minimum atomic E-state index is -1.41. The van der Waals surface area contributed by atoms with Crippen molar-refractivity contribution in [2.24, 2.45) is 17.8 Å². The molecule has 0 aromatic heterocycles. The van der Waals surface area contributed by atoms with Crippen LogP contribution in [-0.2, 0) is 43.1 Å². The summed E-state index contributed by atoms with van der Waals surface area (Å²) in [6, 6.07) is -5.29. The Morgan fingerprint density at radius 1 is 0.765 bits per heavy atom. The normalized spacial score (nSPS) is 17.8. The summed E-state index contributed by atoms with van der Waals surface area (Å²) in [5.41, 5.74) is -0.392. The van der Waals surface area contributed by atoms with Crippen molar-refractivity contribution in [2.45, 2.75) is 181 Å². The molecule has 0 aromatic carbocycles. The molecule has 1 fully saturated rings. The third-order valence-corrected chi connectivity index (χ3v) is 12.8. The number of nitrogens with zero attached hydrogens (tertiary/aromatic N) is 5. The predicted molar refractivity (Wildman–Crippen MR) is 262 cm³/mol. The Kier molecular flexibility index (Phi) is 25.2. The van der Waals surface area contributed by atoms with E-state index in [9.17, 15) is 43.5 Å². The SMILES string of the molecule is CC(=O)N(C)[C@@H](CC(C)C)C(=O)N[C@@H](CC(=O)N(C)CCCC(=O)N(C)[C@@H](CC1CC=CCC1)C(=O)N[C@H](C(=O)N(C)[C@@H](CC(C)C)C(=O)NCCOC(C)(C)C)[C@@H](C)O)C(=O)N1CCCCC1. The molecule has 388 valence electrons. The smallest absolute Gasteiger partial charge is 0.248 e. The fourth-order valence-corrected chi connectivity index (χ4v) is 8.56. The summed E-state index contributed by atoms with van der Waals surface area (Å²) >= 11 is 0. The van der Waals surface area contributed by atoms with E-state index in [-0.39, 0.29) is 80.3 Å². The fraction of sp³-hybridized carbons (Fsp3) is 0.800. The number of allylic oxidation sites excluding steroid dienone is 2. The first-order chi connectivity index (χ1) is 31.7. The van der Waals surface area contributed by atoms with Gasteiger partial charge in [0.1, 0.15) is 30.2 Å². The van der Waals surface area contributed by atoms with Gasteiger partial charge in [0.05, 0.1) is 24.7 Å². The van der Waals surface area contributed by atoms with Crippen LogP contribution in [-0.4, -0.2) is 180 Å². The van der Waals surface area contributed by atoms with E-state index in [1.165, 1.54) is 47.5 Å². The highest BCUT2D eigenvalue weighted by Crippen LogP contribution is 2.26. The minimum Gasteiger partial charge on any atom is -0.391 e. The monoisotopic (exact) mass is 961 g/mol. The molecule has 18 nitrogen and oxygen atoms in total.